The summed E-state index contributed by atoms with van der Waals surface area (Å²) >= 11 is 0. The predicted molar refractivity (Wildman–Crippen MR) is 60.2 cm³/mol. The van der Waals surface area contributed by atoms with Gasteiger partial charge in [0, 0.05) is 0 Å². The smallest absolute Gasteiger partial charge is 0.340 e. The van der Waals surface area contributed by atoms with Gasteiger partial charge in [-0.15, -0.1) is 0 Å². The van der Waals surface area contributed by atoms with Gasteiger partial charge < -0.3 is 25.3 Å². The zero-order chi connectivity index (χ0) is 13.9. The SMILES string of the molecule is O=C(O)C(CC1CCNC1)C(C(=O)O)P(=O)(O)O. The van der Waals surface area contributed by atoms with Gasteiger partial charge in [0.05, 0.1) is 5.92 Å². The summed E-state index contributed by atoms with van der Waals surface area (Å²) in [5.41, 5.74) is -2.18. The van der Waals surface area contributed by atoms with Crippen molar-refractivity contribution in [2.75, 3.05) is 13.1 Å². The van der Waals surface area contributed by atoms with Gasteiger partial charge in [0.1, 0.15) is 0 Å². The third-order valence-corrected chi connectivity index (χ3v) is 4.37. The van der Waals surface area contributed by atoms with Crippen molar-refractivity contribution >= 4 is 19.5 Å². The van der Waals surface area contributed by atoms with Gasteiger partial charge in [-0.05, 0) is 31.8 Å². The minimum absolute atomic E-state index is 0.0512. The molecule has 0 saturated carbocycles. The number of carboxylic acid groups (broad SMARTS) is 2. The van der Waals surface area contributed by atoms with Gasteiger partial charge in [0.25, 0.3) is 0 Å². The molecule has 0 aromatic heterocycles. The Labute approximate surface area is 103 Å². The van der Waals surface area contributed by atoms with Crippen LogP contribution in [-0.2, 0) is 14.2 Å². The van der Waals surface area contributed by atoms with Crippen LogP contribution in [0.3, 0.4) is 0 Å². The molecular weight excluding hydrogens is 265 g/mol. The third-order valence-electron chi connectivity index (χ3n) is 3.06. The fraction of sp³-hybridized carbons (Fsp3) is 0.778. The Balaban J connectivity index is 2.90. The molecule has 5 N–H and O–H groups in total. The fourth-order valence-electron chi connectivity index (χ4n) is 2.19. The van der Waals surface area contributed by atoms with Crippen molar-refractivity contribution in [3.8, 4) is 0 Å². The van der Waals surface area contributed by atoms with E-state index in [1.54, 1.807) is 0 Å². The summed E-state index contributed by atoms with van der Waals surface area (Å²) in [7, 11) is -5.00. The molecule has 0 spiro atoms. The average molecular weight is 281 g/mol. The summed E-state index contributed by atoms with van der Waals surface area (Å²) in [5, 5.41) is 20.8. The van der Waals surface area contributed by atoms with Gasteiger partial charge in [-0.1, -0.05) is 0 Å². The molecule has 1 fully saturated rings. The Bertz CT molecular complexity index is 373. The molecule has 18 heavy (non-hydrogen) atoms. The lowest BCUT2D eigenvalue weighted by Crippen LogP contribution is -2.36. The van der Waals surface area contributed by atoms with E-state index in [0.717, 1.165) is 0 Å². The first-order valence-electron chi connectivity index (χ1n) is 5.45. The maximum Gasteiger partial charge on any atom is 0.340 e. The highest BCUT2D eigenvalue weighted by Gasteiger charge is 2.46. The lowest BCUT2D eigenvalue weighted by Gasteiger charge is -2.23. The number of hydrogen-bond donors (Lipinski definition) is 5. The quantitative estimate of drug-likeness (QED) is 0.403. The second-order valence-electron chi connectivity index (χ2n) is 4.41. The molecule has 0 amide bonds. The van der Waals surface area contributed by atoms with Crippen molar-refractivity contribution in [2.45, 2.75) is 18.5 Å². The Hall–Kier alpha value is -0.950. The molecule has 3 unspecified atom stereocenters. The molecule has 0 aromatic rings. The van der Waals surface area contributed by atoms with Crippen LogP contribution in [0.2, 0.25) is 0 Å². The molecule has 0 aliphatic carbocycles. The zero-order valence-corrected chi connectivity index (χ0v) is 10.4. The van der Waals surface area contributed by atoms with Crippen molar-refractivity contribution in [3.05, 3.63) is 0 Å². The summed E-state index contributed by atoms with van der Waals surface area (Å²) in [5.74, 6) is -4.91. The first-order chi connectivity index (χ1) is 8.23. The Morgan fingerprint density at radius 2 is 1.89 bits per heavy atom. The maximum absolute atomic E-state index is 11.1. The summed E-state index contributed by atoms with van der Waals surface area (Å²) < 4.78 is 11.1. The number of nitrogens with one attached hydrogen (secondary N) is 1. The van der Waals surface area contributed by atoms with Crippen LogP contribution in [0.5, 0.6) is 0 Å². The summed E-state index contributed by atoms with van der Waals surface area (Å²) in [6.45, 7) is 1.24. The minimum atomic E-state index is -5.00. The van der Waals surface area contributed by atoms with Gasteiger partial charge in [0.15, 0.2) is 5.66 Å². The van der Waals surface area contributed by atoms with Gasteiger partial charge in [-0.2, -0.15) is 0 Å². The van der Waals surface area contributed by atoms with E-state index in [1.807, 2.05) is 0 Å². The number of rotatable bonds is 6. The van der Waals surface area contributed by atoms with E-state index >= 15 is 0 Å². The van der Waals surface area contributed by atoms with Gasteiger partial charge >= 0.3 is 19.5 Å². The fourth-order valence-corrected chi connectivity index (χ4v) is 3.20. The molecule has 9 heteroatoms. The van der Waals surface area contributed by atoms with E-state index in [1.165, 1.54) is 0 Å². The summed E-state index contributed by atoms with van der Waals surface area (Å²) in [4.78, 5) is 39.9. The molecule has 3 atom stereocenters. The molecule has 1 aliphatic rings. The number of carbonyl (C=O) groups is 2. The lowest BCUT2D eigenvalue weighted by atomic mass is 9.91. The van der Waals surface area contributed by atoms with Crippen LogP contribution in [0.4, 0.5) is 0 Å². The van der Waals surface area contributed by atoms with Crippen molar-refractivity contribution in [1.29, 1.82) is 0 Å². The van der Waals surface area contributed by atoms with Crippen molar-refractivity contribution < 1.29 is 34.2 Å². The van der Waals surface area contributed by atoms with Gasteiger partial charge in [-0.25, -0.2) is 0 Å². The normalized spacial score (nSPS) is 23.6. The molecule has 1 saturated heterocycles. The van der Waals surface area contributed by atoms with Crippen LogP contribution in [0.15, 0.2) is 0 Å². The zero-order valence-electron chi connectivity index (χ0n) is 9.52. The van der Waals surface area contributed by atoms with Crippen LogP contribution in [-0.4, -0.2) is 50.7 Å². The molecule has 0 bridgehead atoms. The predicted octanol–water partition coefficient (Wildman–Crippen LogP) is -0.682. The van der Waals surface area contributed by atoms with Gasteiger partial charge in [0.2, 0.25) is 0 Å². The molecule has 0 radical (unpaired) electrons. The van der Waals surface area contributed by atoms with Crippen LogP contribution < -0.4 is 5.32 Å². The van der Waals surface area contributed by atoms with Crippen molar-refractivity contribution in [1.82, 2.24) is 5.32 Å². The second kappa shape index (κ2) is 5.79. The Morgan fingerprint density at radius 3 is 2.22 bits per heavy atom. The average Bonchev–Trinajstić information content (AvgIpc) is 2.66. The topological polar surface area (TPSA) is 144 Å². The monoisotopic (exact) mass is 281 g/mol. The van der Waals surface area contributed by atoms with E-state index in [-0.39, 0.29) is 12.3 Å². The molecule has 1 heterocycles. The summed E-state index contributed by atoms with van der Waals surface area (Å²) in [6, 6.07) is 0. The Morgan fingerprint density at radius 1 is 1.28 bits per heavy atom. The minimum Gasteiger partial charge on any atom is -0.481 e. The first-order valence-corrected chi connectivity index (χ1v) is 7.13. The van der Waals surface area contributed by atoms with Gasteiger partial charge in [-0.3, -0.25) is 14.2 Å². The maximum atomic E-state index is 11.1. The first kappa shape index (κ1) is 15.1. The number of carboxylic acids is 2. The van der Waals surface area contributed by atoms with E-state index in [0.29, 0.717) is 19.5 Å². The highest BCUT2D eigenvalue weighted by atomic mass is 31.2. The molecule has 104 valence electrons. The van der Waals surface area contributed by atoms with Crippen molar-refractivity contribution in [2.24, 2.45) is 11.8 Å². The highest BCUT2D eigenvalue weighted by molar-refractivity contribution is 7.53. The van der Waals surface area contributed by atoms with Crippen molar-refractivity contribution in [3.63, 3.8) is 0 Å². The van der Waals surface area contributed by atoms with Crippen LogP contribution >= 0.6 is 7.60 Å². The number of hydrogen-bond acceptors (Lipinski definition) is 4. The van der Waals surface area contributed by atoms with Crippen LogP contribution in [0.25, 0.3) is 0 Å². The van der Waals surface area contributed by atoms with E-state index in [4.69, 9.17) is 20.0 Å². The molecular formula is C9H16NO7P. The molecule has 1 aliphatic heterocycles. The third kappa shape index (κ3) is 3.78. The Kier molecular flexibility index (Phi) is 4.86. The van der Waals surface area contributed by atoms with E-state index < -0.39 is 31.1 Å². The largest absolute Gasteiger partial charge is 0.481 e. The van der Waals surface area contributed by atoms with Crippen LogP contribution in [0.1, 0.15) is 12.8 Å². The summed E-state index contributed by atoms with van der Waals surface area (Å²) in [6.07, 6.45) is 0.627. The molecule has 1 rings (SSSR count). The van der Waals surface area contributed by atoms with E-state index in [2.05, 4.69) is 5.32 Å². The molecule has 0 aromatic carbocycles. The lowest BCUT2D eigenvalue weighted by molar-refractivity contribution is -0.148. The molecule has 8 nitrogen and oxygen atoms in total. The number of aliphatic carboxylic acids is 2. The standard InChI is InChI=1S/C9H16NO7P/c11-8(12)6(3-5-1-2-10-4-5)7(9(13)14)18(15,16)17/h5-7,10H,1-4H2,(H,11,12)(H,13,14)(H2,15,16,17). The second-order valence-corrected chi connectivity index (χ2v) is 6.15. The highest BCUT2D eigenvalue weighted by Crippen LogP contribution is 2.47. The van der Waals surface area contributed by atoms with E-state index in [9.17, 15) is 14.2 Å². The van der Waals surface area contributed by atoms with Crippen LogP contribution in [0, 0.1) is 11.8 Å².